The van der Waals surface area contributed by atoms with Crippen molar-refractivity contribution >= 4 is 5.91 Å². The van der Waals surface area contributed by atoms with E-state index in [1.807, 2.05) is 18.2 Å². The van der Waals surface area contributed by atoms with Gasteiger partial charge in [0, 0.05) is 19.1 Å². The Morgan fingerprint density at radius 1 is 1.15 bits per heavy atom. The van der Waals surface area contributed by atoms with E-state index in [0.29, 0.717) is 23.8 Å². The highest BCUT2D eigenvalue weighted by molar-refractivity contribution is 5.91. The molecule has 4 rings (SSSR count). The molecular formula is C17H22N2O. The van der Waals surface area contributed by atoms with Gasteiger partial charge in [-0.3, -0.25) is 4.79 Å². The lowest BCUT2D eigenvalue weighted by molar-refractivity contribution is -0.133. The number of nitrogens with two attached hydrogens (primary N) is 1. The molecule has 1 aromatic rings. The van der Waals surface area contributed by atoms with Crippen LogP contribution in [0.2, 0.25) is 0 Å². The molecule has 1 aliphatic heterocycles. The maximum atomic E-state index is 13.0. The summed E-state index contributed by atoms with van der Waals surface area (Å²) >= 11 is 0. The molecule has 3 fully saturated rings. The first-order valence-corrected chi connectivity index (χ1v) is 7.81. The van der Waals surface area contributed by atoms with Crippen LogP contribution in [-0.2, 0) is 10.2 Å². The van der Waals surface area contributed by atoms with Crippen LogP contribution in [0.5, 0.6) is 0 Å². The second kappa shape index (κ2) is 4.32. The van der Waals surface area contributed by atoms with E-state index in [1.165, 1.54) is 12.0 Å². The van der Waals surface area contributed by atoms with E-state index in [0.717, 1.165) is 32.4 Å². The van der Waals surface area contributed by atoms with Gasteiger partial charge in [0.05, 0.1) is 5.41 Å². The maximum absolute atomic E-state index is 13.0. The van der Waals surface area contributed by atoms with Crippen molar-refractivity contribution in [3.8, 4) is 0 Å². The molecule has 1 saturated heterocycles. The number of amides is 1. The first-order chi connectivity index (χ1) is 9.71. The number of benzene rings is 1. The number of carbonyl (C=O) groups is 1. The zero-order chi connectivity index (χ0) is 13.7. The van der Waals surface area contributed by atoms with Crippen LogP contribution < -0.4 is 5.73 Å². The van der Waals surface area contributed by atoms with Gasteiger partial charge in [0.15, 0.2) is 0 Å². The van der Waals surface area contributed by atoms with Crippen LogP contribution in [0, 0.1) is 11.8 Å². The molecule has 1 aromatic carbocycles. The average molecular weight is 270 g/mol. The highest BCUT2D eigenvalue weighted by atomic mass is 16.2. The van der Waals surface area contributed by atoms with Gasteiger partial charge in [-0.2, -0.15) is 0 Å². The van der Waals surface area contributed by atoms with Crippen LogP contribution in [0.15, 0.2) is 30.3 Å². The molecular weight excluding hydrogens is 248 g/mol. The monoisotopic (exact) mass is 270 g/mol. The van der Waals surface area contributed by atoms with Crippen LogP contribution in [0.1, 0.15) is 31.2 Å². The summed E-state index contributed by atoms with van der Waals surface area (Å²) < 4.78 is 0. The van der Waals surface area contributed by atoms with E-state index in [2.05, 4.69) is 17.0 Å². The molecule has 0 aromatic heterocycles. The maximum Gasteiger partial charge on any atom is 0.233 e. The molecule has 2 N–H and O–H groups in total. The highest BCUT2D eigenvalue weighted by Crippen LogP contribution is 2.51. The molecule has 1 amide bonds. The zero-order valence-corrected chi connectivity index (χ0v) is 11.8. The average Bonchev–Trinajstić information content (AvgIpc) is 3.07. The van der Waals surface area contributed by atoms with Crippen molar-refractivity contribution < 1.29 is 4.79 Å². The Bertz CT molecular complexity index is 523. The first-order valence-electron chi connectivity index (χ1n) is 7.81. The fourth-order valence-electron chi connectivity index (χ4n) is 4.28. The van der Waals surface area contributed by atoms with Crippen LogP contribution >= 0.6 is 0 Å². The minimum atomic E-state index is -0.204. The second-order valence-corrected chi connectivity index (χ2v) is 6.82. The third-order valence-corrected chi connectivity index (χ3v) is 5.69. The molecule has 0 bridgehead atoms. The second-order valence-electron chi connectivity index (χ2n) is 6.82. The summed E-state index contributed by atoms with van der Waals surface area (Å²) in [6.07, 6.45) is 4.36. The molecule has 2 aliphatic carbocycles. The van der Waals surface area contributed by atoms with E-state index in [-0.39, 0.29) is 5.41 Å². The lowest BCUT2D eigenvalue weighted by atomic mass is 9.94. The summed E-state index contributed by atoms with van der Waals surface area (Å²) in [5.41, 5.74) is 7.18. The number of likely N-dealkylation sites (tertiary alicyclic amines) is 1. The number of nitrogens with zero attached hydrogens (tertiary/aromatic N) is 1. The predicted molar refractivity (Wildman–Crippen MR) is 78.1 cm³/mol. The molecule has 1 heterocycles. The molecule has 3 atom stereocenters. The SMILES string of the molecule is NC1CCC2CN(C(=O)C3(c4ccccc4)CC3)CC12. The quantitative estimate of drug-likeness (QED) is 0.892. The van der Waals surface area contributed by atoms with Gasteiger partial charge in [-0.25, -0.2) is 0 Å². The van der Waals surface area contributed by atoms with Crippen LogP contribution in [0.3, 0.4) is 0 Å². The van der Waals surface area contributed by atoms with Crippen molar-refractivity contribution in [2.75, 3.05) is 13.1 Å². The highest BCUT2D eigenvalue weighted by Gasteiger charge is 2.55. The largest absolute Gasteiger partial charge is 0.341 e. The molecule has 0 spiro atoms. The molecule has 3 heteroatoms. The number of hydrogen-bond donors (Lipinski definition) is 1. The molecule has 3 nitrogen and oxygen atoms in total. The zero-order valence-electron chi connectivity index (χ0n) is 11.8. The van der Waals surface area contributed by atoms with Crippen molar-refractivity contribution in [1.29, 1.82) is 0 Å². The Kier molecular flexibility index (Phi) is 2.68. The number of rotatable bonds is 2. The molecule has 3 unspecified atom stereocenters. The number of fused-ring (bicyclic) bond motifs is 1. The van der Waals surface area contributed by atoms with E-state index in [1.54, 1.807) is 0 Å². The van der Waals surface area contributed by atoms with E-state index in [4.69, 9.17) is 5.73 Å². The standard InChI is InChI=1S/C17H22N2O/c18-15-7-6-12-10-19(11-14(12)15)16(20)17(8-9-17)13-4-2-1-3-5-13/h1-5,12,14-15H,6-11,18H2. The van der Waals surface area contributed by atoms with Crippen molar-refractivity contribution in [2.24, 2.45) is 17.6 Å². The number of carbonyl (C=O) groups excluding carboxylic acids is 1. The smallest absolute Gasteiger partial charge is 0.233 e. The summed E-state index contributed by atoms with van der Waals surface area (Å²) in [7, 11) is 0. The van der Waals surface area contributed by atoms with Crippen LogP contribution in [-0.4, -0.2) is 29.9 Å². The molecule has 2 saturated carbocycles. The lowest BCUT2D eigenvalue weighted by Crippen LogP contribution is -2.39. The topological polar surface area (TPSA) is 46.3 Å². The Morgan fingerprint density at radius 2 is 1.90 bits per heavy atom. The summed E-state index contributed by atoms with van der Waals surface area (Å²) in [6, 6.07) is 10.6. The lowest BCUT2D eigenvalue weighted by Gasteiger charge is -2.25. The van der Waals surface area contributed by atoms with Gasteiger partial charge in [0.25, 0.3) is 0 Å². The molecule has 0 radical (unpaired) electrons. The number of hydrogen-bond acceptors (Lipinski definition) is 2. The summed E-state index contributed by atoms with van der Waals surface area (Å²) in [5, 5.41) is 0. The fourth-order valence-corrected chi connectivity index (χ4v) is 4.28. The van der Waals surface area contributed by atoms with Gasteiger partial charge in [0.2, 0.25) is 5.91 Å². The normalized spacial score (nSPS) is 34.0. The third kappa shape index (κ3) is 1.72. The van der Waals surface area contributed by atoms with Crippen LogP contribution in [0.4, 0.5) is 0 Å². The third-order valence-electron chi connectivity index (χ3n) is 5.69. The Labute approximate surface area is 120 Å². The Morgan fingerprint density at radius 3 is 2.55 bits per heavy atom. The fraction of sp³-hybridized carbons (Fsp3) is 0.588. The van der Waals surface area contributed by atoms with Crippen molar-refractivity contribution in [1.82, 2.24) is 4.90 Å². The minimum Gasteiger partial charge on any atom is -0.341 e. The van der Waals surface area contributed by atoms with Gasteiger partial charge >= 0.3 is 0 Å². The summed E-state index contributed by atoms with van der Waals surface area (Å²) in [6.45, 7) is 1.82. The van der Waals surface area contributed by atoms with Gasteiger partial charge in [-0.05, 0) is 43.1 Å². The Balaban J connectivity index is 1.54. The van der Waals surface area contributed by atoms with Crippen molar-refractivity contribution in [2.45, 2.75) is 37.1 Å². The van der Waals surface area contributed by atoms with E-state index >= 15 is 0 Å². The van der Waals surface area contributed by atoms with Gasteiger partial charge < -0.3 is 10.6 Å². The Hall–Kier alpha value is -1.35. The summed E-state index contributed by atoms with van der Waals surface area (Å²) in [5.74, 6) is 1.55. The van der Waals surface area contributed by atoms with Crippen molar-refractivity contribution in [3.63, 3.8) is 0 Å². The molecule has 106 valence electrons. The van der Waals surface area contributed by atoms with Gasteiger partial charge in [-0.1, -0.05) is 30.3 Å². The predicted octanol–water partition coefficient (Wildman–Crippen LogP) is 1.91. The minimum absolute atomic E-state index is 0.204. The van der Waals surface area contributed by atoms with E-state index < -0.39 is 0 Å². The van der Waals surface area contributed by atoms with E-state index in [9.17, 15) is 4.79 Å². The van der Waals surface area contributed by atoms with Crippen molar-refractivity contribution in [3.05, 3.63) is 35.9 Å². The summed E-state index contributed by atoms with van der Waals surface area (Å²) in [4.78, 5) is 15.1. The van der Waals surface area contributed by atoms with Crippen LogP contribution in [0.25, 0.3) is 0 Å². The first kappa shape index (κ1) is 12.4. The molecule has 20 heavy (non-hydrogen) atoms. The van der Waals surface area contributed by atoms with Gasteiger partial charge in [0.1, 0.15) is 0 Å². The molecule has 3 aliphatic rings. The van der Waals surface area contributed by atoms with Gasteiger partial charge in [-0.15, -0.1) is 0 Å².